The van der Waals surface area contributed by atoms with Gasteiger partial charge in [-0.25, -0.2) is 9.78 Å². The number of fused-ring (bicyclic) bond motifs is 1. The second-order valence-electron chi connectivity index (χ2n) is 4.98. The van der Waals surface area contributed by atoms with Crippen LogP contribution in [0.3, 0.4) is 0 Å². The molecule has 2 aromatic heterocycles. The zero-order valence-corrected chi connectivity index (χ0v) is 13.6. The summed E-state index contributed by atoms with van der Waals surface area (Å²) in [7, 11) is 0. The molecule has 112 valence electrons. The highest BCUT2D eigenvalue weighted by Crippen LogP contribution is 2.31. The van der Waals surface area contributed by atoms with Crippen LogP contribution in [0.15, 0.2) is 29.7 Å². The summed E-state index contributed by atoms with van der Waals surface area (Å²) >= 11 is 7.61. The summed E-state index contributed by atoms with van der Waals surface area (Å²) in [6, 6.07) is 5.69. The quantitative estimate of drug-likeness (QED) is 0.722. The summed E-state index contributed by atoms with van der Waals surface area (Å²) in [6.07, 6.45) is 2.72. The number of carboxylic acid groups (broad SMARTS) is 1. The maximum Gasteiger partial charge on any atom is 0.328 e. The first kappa shape index (κ1) is 14.8. The van der Waals surface area contributed by atoms with Gasteiger partial charge in [-0.15, -0.1) is 11.3 Å². The molecule has 0 fully saturated rings. The van der Waals surface area contributed by atoms with E-state index in [1.807, 2.05) is 41.8 Å². The number of imidazole rings is 1. The second kappa shape index (κ2) is 5.59. The number of thiazole rings is 1. The molecular formula is C16H13ClN2O2S. The van der Waals surface area contributed by atoms with E-state index in [4.69, 9.17) is 16.7 Å². The molecule has 4 nitrogen and oxygen atoms in total. The molecule has 0 aliphatic rings. The molecule has 0 unspecified atom stereocenters. The Hall–Kier alpha value is -2.11. The van der Waals surface area contributed by atoms with Crippen LogP contribution in [0.4, 0.5) is 0 Å². The van der Waals surface area contributed by atoms with Gasteiger partial charge in [0, 0.05) is 27.7 Å². The van der Waals surface area contributed by atoms with E-state index < -0.39 is 5.97 Å². The molecule has 0 aliphatic carbocycles. The summed E-state index contributed by atoms with van der Waals surface area (Å²) in [5.41, 5.74) is 4.42. The van der Waals surface area contributed by atoms with Gasteiger partial charge in [0.1, 0.15) is 0 Å². The highest BCUT2D eigenvalue weighted by molar-refractivity contribution is 7.15. The van der Waals surface area contributed by atoms with Crippen LogP contribution in [0.1, 0.15) is 17.0 Å². The molecule has 3 rings (SSSR count). The molecule has 3 aromatic rings. The van der Waals surface area contributed by atoms with E-state index in [-0.39, 0.29) is 0 Å². The van der Waals surface area contributed by atoms with Crippen LogP contribution >= 0.6 is 22.9 Å². The van der Waals surface area contributed by atoms with Crippen LogP contribution < -0.4 is 0 Å². The van der Waals surface area contributed by atoms with Gasteiger partial charge in [-0.2, -0.15) is 0 Å². The molecule has 0 amide bonds. The van der Waals surface area contributed by atoms with Crippen LogP contribution in [0.25, 0.3) is 22.3 Å². The van der Waals surface area contributed by atoms with Crippen LogP contribution in [-0.4, -0.2) is 20.5 Å². The number of hydrogen-bond donors (Lipinski definition) is 1. The van der Waals surface area contributed by atoms with Crippen molar-refractivity contribution in [1.29, 1.82) is 0 Å². The highest BCUT2D eigenvalue weighted by atomic mass is 35.5. The molecule has 6 heteroatoms. The Morgan fingerprint density at radius 3 is 2.86 bits per heavy atom. The number of carboxylic acids is 1. The maximum absolute atomic E-state index is 10.9. The monoisotopic (exact) mass is 332 g/mol. The lowest BCUT2D eigenvalue weighted by Crippen LogP contribution is -1.92. The number of carbonyl (C=O) groups is 1. The minimum Gasteiger partial charge on any atom is -0.478 e. The van der Waals surface area contributed by atoms with Crippen molar-refractivity contribution in [2.75, 3.05) is 0 Å². The number of halogens is 1. The average molecular weight is 333 g/mol. The van der Waals surface area contributed by atoms with Crippen molar-refractivity contribution in [3.63, 3.8) is 0 Å². The first-order chi connectivity index (χ1) is 10.5. The minimum atomic E-state index is -0.985. The number of aromatic nitrogens is 2. The lowest BCUT2D eigenvalue weighted by molar-refractivity contribution is -0.131. The third-order valence-electron chi connectivity index (χ3n) is 3.39. The third-order valence-corrected chi connectivity index (χ3v) is 4.75. The van der Waals surface area contributed by atoms with Gasteiger partial charge in [-0.05, 0) is 37.6 Å². The van der Waals surface area contributed by atoms with Gasteiger partial charge in [0.2, 0.25) is 0 Å². The SMILES string of the molecule is Cc1cc(-c2nc3scc(C)n3c2/C=C/C(=O)O)ccc1Cl. The van der Waals surface area contributed by atoms with E-state index in [0.29, 0.717) is 5.02 Å². The summed E-state index contributed by atoms with van der Waals surface area (Å²) in [5, 5.41) is 11.6. The van der Waals surface area contributed by atoms with Gasteiger partial charge < -0.3 is 5.11 Å². The van der Waals surface area contributed by atoms with Crippen molar-refractivity contribution in [3.05, 3.63) is 51.6 Å². The molecular weight excluding hydrogens is 320 g/mol. The number of benzene rings is 1. The van der Waals surface area contributed by atoms with Gasteiger partial charge in [0.25, 0.3) is 0 Å². The third kappa shape index (κ3) is 2.53. The molecule has 0 atom stereocenters. The summed E-state index contributed by atoms with van der Waals surface area (Å²) in [6.45, 7) is 3.91. The summed E-state index contributed by atoms with van der Waals surface area (Å²) < 4.78 is 1.96. The van der Waals surface area contributed by atoms with Crippen molar-refractivity contribution in [2.45, 2.75) is 13.8 Å². The Labute approximate surface area is 136 Å². The number of nitrogens with zero attached hydrogens (tertiary/aromatic N) is 2. The lowest BCUT2D eigenvalue weighted by atomic mass is 10.1. The fourth-order valence-electron chi connectivity index (χ4n) is 2.33. The lowest BCUT2D eigenvalue weighted by Gasteiger charge is -2.04. The van der Waals surface area contributed by atoms with E-state index in [1.165, 1.54) is 11.3 Å². The number of hydrogen-bond acceptors (Lipinski definition) is 3. The molecule has 0 saturated heterocycles. The molecule has 0 spiro atoms. The second-order valence-corrected chi connectivity index (χ2v) is 6.22. The van der Waals surface area contributed by atoms with Crippen molar-refractivity contribution in [3.8, 4) is 11.3 Å². The Bertz CT molecular complexity index is 908. The number of rotatable bonds is 3. The largest absolute Gasteiger partial charge is 0.478 e. The normalized spacial score (nSPS) is 11.6. The Morgan fingerprint density at radius 2 is 2.18 bits per heavy atom. The smallest absolute Gasteiger partial charge is 0.328 e. The molecule has 0 radical (unpaired) electrons. The van der Waals surface area contributed by atoms with Crippen LogP contribution in [0, 0.1) is 13.8 Å². The molecule has 0 saturated carbocycles. The summed E-state index contributed by atoms with van der Waals surface area (Å²) in [4.78, 5) is 16.4. The Kier molecular flexibility index (Phi) is 3.76. The van der Waals surface area contributed by atoms with E-state index in [2.05, 4.69) is 4.98 Å². The van der Waals surface area contributed by atoms with E-state index in [1.54, 1.807) is 6.08 Å². The van der Waals surface area contributed by atoms with Crippen molar-refractivity contribution in [1.82, 2.24) is 9.38 Å². The first-order valence-corrected chi connectivity index (χ1v) is 7.87. The Morgan fingerprint density at radius 1 is 1.41 bits per heavy atom. The predicted octanol–water partition coefficient (Wildman–Crippen LogP) is 4.43. The van der Waals surface area contributed by atoms with Gasteiger partial charge >= 0.3 is 5.97 Å². The van der Waals surface area contributed by atoms with Crippen LogP contribution in [0.5, 0.6) is 0 Å². The minimum absolute atomic E-state index is 0.698. The van der Waals surface area contributed by atoms with E-state index in [9.17, 15) is 4.79 Å². The first-order valence-electron chi connectivity index (χ1n) is 6.61. The fraction of sp³-hybridized carbons (Fsp3) is 0.125. The molecule has 1 aromatic carbocycles. The zero-order chi connectivity index (χ0) is 15.9. The highest BCUT2D eigenvalue weighted by Gasteiger charge is 2.15. The van der Waals surface area contributed by atoms with Crippen LogP contribution in [-0.2, 0) is 4.79 Å². The Balaban J connectivity index is 2.26. The zero-order valence-electron chi connectivity index (χ0n) is 12.0. The van der Waals surface area contributed by atoms with E-state index in [0.717, 1.165) is 39.2 Å². The van der Waals surface area contributed by atoms with Crippen LogP contribution in [0.2, 0.25) is 5.02 Å². The van der Waals surface area contributed by atoms with Gasteiger partial charge in [0.15, 0.2) is 4.96 Å². The topological polar surface area (TPSA) is 54.6 Å². The van der Waals surface area contributed by atoms with Gasteiger partial charge in [-0.3, -0.25) is 4.40 Å². The fourth-order valence-corrected chi connectivity index (χ4v) is 3.32. The molecule has 0 aliphatic heterocycles. The predicted molar refractivity (Wildman–Crippen MR) is 89.7 cm³/mol. The summed E-state index contributed by atoms with van der Waals surface area (Å²) in [5.74, 6) is -0.985. The number of aryl methyl sites for hydroxylation is 2. The maximum atomic E-state index is 10.9. The van der Waals surface area contributed by atoms with Crippen molar-refractivity contribution in [2.24, 2.45) is 0 Å². The molecule has 0 bridgehead atoms. The molecule has 2 heterocycles. The standard InChI is InChI=1S/C16H13ClN2O2S/c1-9-7-11(3-4-12(9)17)15-13(5-6-14(20)21)19-10(2)8-22-16(19)18-15/h3-8H,1-2H3,(H,20,21)/b6-5+. The van der Waals surface area contributed by atoms with E-state index >= 15 is 0 Å². The molecule has 1 N–H and O–H groups in total. The number of aliphatic carboxylic acids is 1. The van der Waals surface area contributed by atoms with Crippen molar-refractivity contribution >= 4 is 39.9 Å². The average Bonchev–Trinajstić information content (AvgIpc) is 3.00. The van der Waals surface area contributed by atoms with Gasteiger partial charge in [-0.1, -0.05) is 17.7 Å². The van der Waals surface area contributed by atoms with Crippen molar-refractivity contribution < 1.29 is 9.90 Å². The molecule has 22 heavy (non-hydrogen) atoms. The van der Waals surface area contributed by atoms with Gasteiger partial charge in [0.05, 0.1) is 11.4 Å².